The molecular formula is C14H22BrN5. The van der Waals surface area contributed by atoms with Gasteiger partial charge in [0.2, 0.25) is 0 Å². The molecule has 0 bridgehead atoms. The van der Waals surface area contributed by atoms with Gasteiger partial charge in [-0.1, -0.05) is 13.8 Å². The molecule has 1 unspecified atom stereocenters. The van der Waals surface area contributed by atoms with E-state index in [1.54, 1.807) is 0 Å². The fourth-order valence-corrected chi connectivity index (χ4v) is 3.24. The SMILES string of the molecule is CCNC(Cc1c(Br)c(CC)nn1C)c1cncn1C. The Kier molecular flexibility index (Phi) is 4.99. The van der Waals surface area contributed by atoms with Crippen molar-refractivity contribution in [3.8, 4) is 0 Å². The molecule has 0 spiro atoms. The number of hydrogen-bond donors (Lipinski definition) is 1. The zero-order valence-corrected chi connectivity index (χ0v) is 14.1. The summed E-state index contributed by atoms with van der Waals surface area (Å²) in [7, 11) is 4.04. The van der Waals surface area contributed by atoms with Crippen molar-refractivity contribution in [2.45, 2.75) is 32.7 Å². The first-order valence-electron chi connectivity index (χ1n) is 6.98. The first kappa shape index (κ1) is 15.3. The Morgan fingerprint density at radius 1 is 1.35 bits per heavy atom. The minimum absolute atomic E-state index is 0.240. The summed E-state index contributed by atoms with van der Waals surface area (Å²) in [6, 6.07) is 0.240. The van der Waals surface area contributed by atoms with Crippen molar-refractivity contribution in [1.82, 2.24) is 24.6 Å². The fourth-order valence-electron chi connectivity index (χ4n) is 2.47. The zero-order valence-electron chi connectivity index (χ0n) is 12.5. The Bertz CT molecular complexity index is 572. The molecule has 2 rings (SSSR count). The average molecular weight is 340 g/mol. The van der Waals surface area contributed by atoms with Crippen molar-refractivity contribution < 1.29 is 0 Å². The van der Waals surface area contributed by atoms with Gasteiger partial charge in [0, 0.05) is 26.7 Å². The van der Waals surface area contributed by atoms with Crippen LogP contribution in [0.1, 0.15) is 37.0 Å². The van der Waals surface area contributed by atoms with Crippen LogP contribution in [0.15, 0.2) is 17.0 Å². The van der Waals surface area contributed by atoms with Crippen LogP contribution in [0.25, 0.3) is 0 Å². The van der Waals surface area contributed by atoms with Gasteiger partial charge in [0.1, 0.15) is 0 Å². The maximum absolute atomic E-state index is 4.57. The maximum atomic E-state index is 4.57. The average Bonchev–Trinajstić information content (AvgIpc) is 2.96. The lowest BCUT2D eigenvalue weighted by atomic mass is 10.1. The number of aromatic nitrogens is 4. The van der Waals surface area contributed by atoms with E-state index in [4.69, 9.17) is 0 Å². The smallest absolute Gasteiger partial charge is 0.0946 e. The largest absolute Gasteiger partial charge is 0.336 e. The Labute approximate surface area is 128 Å². The first-order chi connectivity index (χ1) is 9.58. The Morgan fingerprint density at radius 2 is 2.10 bits per heavy atom. The van der Waals surface area contributed by atoms with Gasteiger partial charge in [0.05, 0.1) is 33.9 Å². The van der Waals surface area contributed by atoms with Gasteiger partial charge in [-0.05, 0) is 28.9 Å². The van der Waals surface area contributed by atoms with Crippen LogP contribution in [0.5, 0.6) is 0 Å². The van der Waals surface area contributed by atoms with Crippen LogP contribution < -0.4 is 5.32 Å². The Morgan fingerprint density at radius 3 is 2.60 bits per heavy atom. The summed E-state index contributed by atoms with van der Waals surface area (Å²) < 4.78 is 5.18. The summed E-state index contributed by atoms with van der Waals surface area (Å²) in [6.45, 7) is 5.17. The van der Waals surface area contributed by atoms with Crippen molar-refractivity contribution in [2.75, 3.05) is 6.54 Å². The highest BCUT2D eigenvalue weighted by Gasteiger charge is 2.20. The second-order valence-corrected chi connectivity index (χ2v) is 5.72. The molecule has 0 aliphatic rings. The number of likely N-dealkylation sites (N-methyl/N-ethyl adjacent to an activating group) is 1. The highest BCUT2D eigenvalue weighted by molar-refractivity contribution is 9.10. The normalized spacial score (nSPS) is 12.8. The zero-order chi connectivity index (χ0) is 14.7. The van der Waals surface area contributed by atoms with E-state index < -0.39 is 0 Å². The van der Waals surface area contributed by atoms with Crippen molar-refractivity contribution >= 4 is 15.9 Å². The van der Waals surface area contributed by atoms with Gasteiger partial charge in [0.25, 0.3) is 0 Å². The van der Waals surface area contributed by atoms with E-state index in [9.17, 15) is 0 Å². The number of halogens is 1. The van der Waals surface area contributed by atoms with Gasteiger partial charge in [-0.2, -0.15) is 5.10 Å². The van der Waals surface area contributed by atoms with E-state index in [-0.39, 0.29) is 6.04 Å². The lowest BCUT2D eigenvalue weighted by Crippen LogP contribution is -2.25. The van der Waals surface area contributed by atoms with Crippen LogP contribution in [0.3, 0.4) is 0 Å². The minimum atomic E-state index is 0.240. The molecule has 0 saturated heterocycles. The molecule has 1 atom stereocenters. The van der Waals surface area contributed by atoms with Crippen LogP contribution in [-0.4, -0.2) is 25.9 Å². The van der Waals surface area contributed by atoms with E-state index in [2.05, 4.69) is 49.7 Å². The second-order valence-electron chi connectivity index (χ2n) is 4.93. The van der Waals surface area contributed by atoms with Gasteiger partial charge in [-0.15, -0.1) is 0 Å². The molecule has 110 valence electrons. The molecule has 0 amide bonds. The molecule has 6 heteroatoms. The van der Waals surface area contributed by atoms with Crippen LogP contribution in [0.4, 0.5) is 0 Å². The summed E-state index contributed by atoms with van der Waals surface area (Å²) in [6.07, 6.45) is 5.59. The molecule has 0 saturated carbocycles. The van der Waals surface area contributed by atoms with E-state index >= 15 is 0 Å². The third kappa shape index (κ3) is 2.96. The third-order valence-electron chi connectivity index (χ3n) is 3.56. The van der Waals surface area contributed by atoms with E-state index in [0.717, 1.165) is 29.6 Å². The predicted octanol–water partition coefficient (Wildman–Crippen LogP) is 2.37. The van der Waals surface area contributed by atoms with Crippen LogP contribution in [0.2, 0.25) is 0 Å². The lowest BCUT2D eigenvalue weighted by Gasteiger charge is -2.18. The quantitative estimate of drug-likeness (QED) is 0.878. The second kappa shape index (κ2) is 6.54. The van der Waals surface area contributed by atoms with Crippen LogP contribution >= 0.6 is 15.9 Å². The lowest BCUT2D eigenvalue weighted by molar-refractivity contribution is 0.503. The Balaban J connectivity index is 2.29. The minimum Gasteiger partial charge on any atom is -0.336 e. The summed E-state index contributed by atoms with van der Waals surface area (Å²) >= 11 is 3.69. The number of rotatable bonds is 6. The number of nitrogens with one attached hydrogen (secondary N) is 1. The molecular weight excluding hydrogens is 318 g/mol. The van der Waals surface area contributed by atoms with Crippen LogP contribution in [-0.2, 0) is 26.9 Å². The van der Waals surface area contributed by atoms with Gasteiger partial charge in [0.15, 0.2) is 0 Å². The predicted molar refractivity (Wildman–Crippen MR) is 83.6 cm³/mol. The summed E-state index contributed by atoms with van der Waals surface area (Å²) in [5, 5.41) is 8.10. The number of aryl methyl sites for hydroxylation is 3. The topological polar surface area (TPSA) is 47.7 Å². The highest BCUT2D eigenvalue weighted by Crippen LogP contribution is 2.26. The first-order valence-corrected chi connectivity index (χ1v) is 7.77. The molecule has 20 heavy (non-hydrogen) atoms. The van der Waals surface area contributed by atoms with Crippen molar-refractivity contribution in [2.24, 2.45) is 14.1 Å². The maximum Gasteiger partial charge on any atom is 0.0946 e. The third-order valence-corrected chi connectivity index (χ3v) is 4.48. The van der Waals surface area contributed by atoms with Crippen molar-refractivity contribution in [1.29, 1.82) is 0 Å². The van der Waals surface area contributed by atoms with Gasteiger partial charge in [-0.25, -0.2) is 4.98 Å². The van der Waals surface area contributed by atoms with E-state index in [1.165, 1.54) is 11.4 Å². The van der Waals surface area contributed by atoms with Crippen molar-refractivity contribution in [3.63, 3.8) is 0 Å². The van der Waals surface area contributed by atoms with Gasteiger partial charge in [-0.3, -0.25) is 4.68 Å². The standard InChI is InChI=1S/C14H22BrN5/c1-5-10-14(15)12(20(4)18-10)7-11(17-6-2)13-8-16-9-19(13)3/h8-9,11,17H,5-7H2,1-4H3. The van der Waals surface area contributed by atoms with Gasteiger partial charge >= 0.3 is 0 Å². The molecule has 0 fully saturated rings. The van der Waals surface area contributed by atoms with Crippen LogP contribution in [0, 0.1) is 0 Å². The molecule has 5 nitrogen and oxygen atoms in total. The number of nitrogens with zero attached hydrogens (tertiary/aromatic N) is 4. The van der Waals surface area contributed by atoms with Crippen molar-refractivity contribution in [3.05, 3.63) is 34.1 Å². The summed E-state index contributed by atoms with van der Waals surface area (Å²) in [5.74, 6) is 0. The van der Waals surface area contributed by atoms with Gasteiger partial charge < -0.3 is 9.88 Å². The molecule has 1 N–H and O–H groups in total. The molecule has 0 aromatic carbocycles. The number of hydrogen-bond acceptors (Lipinski definition) is 3. The molecule has 0 aliphatic carbocycles. The Hall–Kier alpha value is -1.14. The molecule has 0 radical (unpaired) electrons. The molecule has 2 aromatic rings. The number of imidazole rings is 1. The monoisotopic (exact) mass is 339 g/mol. The summed E-state index contributed by atoms with van der Waals surface area (Å²) in [4.78, 5) is 4.22. The molecule has 2 heterocycles. The molecule has 0 aliphatic heterocycles. The fraction of sp³-hybridized carbons (Fsp3) is 0.571. The highest BCUT2D eigenvalue weighted by atomic mass is 79.9. The van der Waals surface area contributed by atoms with E-state index in [1.807, 2.05) is 31.3 Å². The molecule has 2 aromatic heterocycles. The summed E-state index contributed by atoms with van der Waals surface area (Å²) in [5.41, 5.74) is 3.52. The van der Waals surface area contributed by atoms with E-state index in [0.29, 0.717) is 0 Å².